The smallest absolute Gasteiger partial charge is 0.306 e. The van der Waals surface area contributed by atoms with Crippen LogP contribution in [0.25, 0.3) is 0 Å². The van der Waals surface area contributed by atoms with Crippen LogP contribution in [-0.4, -0.2) is 61.5 Å². The van der Waals surface area contributed by atoms with Gasteiger partial charge in [0.1, 0.15) is 6.10 Å². The summed E-state index contributed by atoms with van der Waals surface area (Å²) < 4.78 is 5.77. The summed E-state index contributed by atoms with van der Waals surface area (Å²) in [4.78, 5) is 27.8. The molecule has 0 rings (SSSR count). The zero-order chi connectivity index (χ0) is 22.6. The molecule has 0 aromatic carbocycles. The average Bonchev–Trinajstić information content (AvgIpc) is 2.69. The Morgan fingerprint density at radius 1 is 0.733 bits per heavy atom. The molecular formula is C25H50N2O3. The Kier molecular flexibility index (Phi) is 19.1. The van der Waals surface area contributed by atoms with E-state index in [9.17, 15) is 9.59 Å². The summed E-state index contributed by atoms with van der Waals surface area (Å²) in [5.41, 5.74) is 0. The molecule has 0 spiro atoms. The molecule has 0 aromatic rings. The van der Waals surface area contributed by atoms with E-state index < -0.39 is 0 Å². The molecule has 0 aliphatic heterocycles. The topological polar surface area (TPSA) is 49.9 Å². The van der Waals surface area contributed by atoms with E-state index in [1.165, 1.54) is 64.2 Å². The van der Waals surface area contributed by atoms with Gasteiger partial charge < -0.3 is 14.5 Å². The predicted octanol–water partition coefficient (Wildman–Crippen LogP) is 5.81. The Bertz CT molecular complexity index is 429. The third kappa shape index (κ3) is 17.7. The van der Waals surface area contributed by atoms with Gasteiger partial charge in [-0.05, 0) is 26.4 Å². The fourth-order valence-electron chi connectivity index (χ4n) is 3.64. The van der Waals surface area contributed by atoms with Gasteiger partial charge >= 0.3 is 5.97 Å². The monoisotopic (exact) mass is 426 g/mol. The van der Waals surface area contributed by atoms with Gasteiger partial charge in [-0.3, -0.25) is 9.59 Å². The fraction of sp³-hybridized carbons (Fsp3) is 0.920. The van der Waals surface area contributed by atoms with Gasteiger partial charge in [0.2, 0.25) is 5.91 Å². The molecule has 0 heterocycles. The predicted molar refractivity (Wildman–Crippen MR) is 127 cm³/mol. The van der Waals surface area contributed by atoms with Gasteiger partial charge in [0, 0.05) is 26.9 Å². The van der Waals surface area contributed by atoms with Gasteiger partial charge in [-0.2, -0.15) is 0 Å². The SMILES string of the molecule is CCCCCCCCCCCC(=O)OC(CN(C)CCCCCC)CN(C)C(C)=O. The first-order chi connectivity index (χ1) is 14.4. The largest absolute Gasteiger partial charge is 0.459 e. The van der Waals surface area contributed by atoms with Crippen molar-refractivity contribution in [2.24, 2.45) is 0 Å². The molecule has 0 radical (unpaired) electrons. The molecule has 1 atom stereocenters. The number of rotatable bonds is 20. The Morgan fingerprint density at radius 3 is 1.77 bits per heavy atom. The number of carbonyl (C=O) groups is 2. The van der Waals surface area contributed by atoms with Gasteiger partial charge in [0.15, 0.2) is 0 Å². The number of ether oxygens (including phenoxy) is 1. The Labute approximate surface area is 186 Å². The van der Waals surface area contributed by atoms with Crippen molar-refractivity contribution in [3.05, 3.63) is 0 Å². The minimum absolute atomic E-state index is 0.000541. The Balaban J connectivity index is 4.18. The molecule has 5 heteroatoms. The summed E-state index contributed by atoms with van der Waals surface area (Å²) in [6.45, 7) is 8.13. The zero-order valence-corrected chi connectivity index (χ0v) is 20.7. The van der Waals surface area contributed by atoms with Crippen molar-refractivity contribution >= 4 is 11.9 Å². The van der Waals surface area contributed by atoms with Crippen LogP contribution < -0.4 is 0 Å². The van der Waals surface area contributed by atoms with Crippen molar-refractivity contribution in [2.75, 3.05) is 33.7 Å². The Morgan fingerprint density at radius 2 is 1.23 bits per heavy atom. The third-order valence-corrected chi connectivity index (χ3v) is 5.71. The first kappa shape index (κ1) is 28.9. The normalized spacial score (nSPS) is 12.2. The first-order valence-corrected chi connectivity index (χ1v) is 12.5. The molecule has 178 valence electrons. The van der Waals surface area contributed by atoms with Gasteiger partial charge in [0.05, 0.1) is 6.54 Å². The molecule has 1 unspecified atom stereocenters. The van der Waals surface area contributed by atoms with Crippen LogP contribution in [0.3, 0.4) is 0 Å². The zero-order valence-electron chi connectivity index (χ0n) is 20.7. The van der Waals surface area contributed by atoms with Crippen LogP contribution in [0, 0.1) is 0 Å². The van der Waals surface area contributed by atoms with Crippen molar-refractivity contribution in [1.29, 1.82) is 0 Å². The lowest BCUT2D eigenvalue weighted by molar-refractivity contribution is -0.152. The number of nitrogens with zero attached hydrogens (tertiary/aromatic N) is 2. The van der Waals surface area contributed by atoms with Crippen LogP contribution >= 0.6 is 0 Å². The van der Waals surface area contributed by atoms with E-state index in [-0.39, 0.29) is 18.0 Å². The van der Waals surface area contributed by atoms with Gasteiger partial charge in [-0.25, -0.2) is 0 Å². The van der Waals surface area contributed by atoms with E-state index in [1.54, 1.807) is 18.9 Å². The summed E-state index contributed by atoms with van der Waals surface area (Å²) in [5, 5.41) is 0. The molecule has 0 aliphatic carbocycles. The number of hydrogen-bond acceptors (Lipinski definition) is 4. The van der Waals surface area contributed by atoms with E-state index in [0.29, 0.717) is 19.5 Å². The quantitative estimate of drug-likeness (QED) is 0.182. The molecule has 30 heavy (non-hydrogen) atoms. The lowest BCUT2D eigenvalue weighted by atomic mass is 10.1. The highest BCUT2D eigenvalue weighted by atomic mass is 16.5. The maximum Gasteiger partial charge on any atom is 0.306 e. The molecule has 0 aliphatic rings. The van der Waals surface area contributed by atoms with E-state index in [4.69, 9.17) is 4.74 Å². The fourth-order valence-corrected chi connectivity index (χ4v) is 3.64. The highest BCUT2D eigenvalue weighted by molar-refractivity contribution is 5.73. The van der Waals surface area contributed by atoms with E-state index in [1.807, 2.05) is 0 Å². The lowest BCUT2D eigenvalue weighted by Gasteiger charge is -2.27. The van der Waals surface area contributed by atoms with Crippen LogP contribution in [-0.2, 0) is 14.3 Å². The molecule has 0 N–H and O–H groups in total. The van der Waals surface area contributed by atoms with E-state index in [2.05, 4.69) is 25.8 Å². The molecule has 0 aromatic heterocycles. The van der Waals surface area contributed by atoms with E-state index in [0.717, 1.165) is 25.8 Å². The van der Waals surface area contributed by atoms with Crippen molar-refractivity contribution in [2.45, 2.75) is 117 Å². The van der Waals surface area contributed by atoms with Crippen LogP contribution in [0.2, 0.25) is 0 Å². The second-order valence-corrected chi connectivity index (χ2v) is 8.91. The molecule has 0 saturated heterocycles. The molecule has 5 nitrogen and oxygen atoms in total. The second-order valence-electron chi connectivity index (χ2n) is 8.91. The Hall–Kier alpha value is -1.10. The molecule has 0 saturated carbocycles. The summed E-state index contributed by atoms with van der Waals surface area (Å²) >= 11 is 0. The maximum absolute atomic E-state index is 12.3. The number of likely N-dealkylation sites (N-methyl/N-ethyl adjacent to an activating group) is 2. The van der Waals surface area contributed by atoms with Crippen molar-refractivity contribution < 1.29 is 14.3 Å². The second kappa shape index (κ2) is 19.8. The third-order valence-electron chi connectivity index (χ3n) is 5.71. The summed E-state index contributed by atoms with van der Waals surface area (Å²) in [6, 6.07) is 0. The van der Waals surface area contributed by atoms with E-state index >= 15 is 0 Å². The summed E-state index contributed by atoms with van der Waals surface area (Å²) in [6.07, 6.45) is 16.2. The first-order valence-electron chi connectivity index (χ1n) is 12.5. The van der Waals surface area contributed by atoms with Crippen molar-refractivity contribution in [3.63, 3.8) is 0 Å². The van der Waals surface area contributed by atoms with Crippen LogP contribution in [0.15, 0.2) is 0 Å². The highest BCUT2D eigenvalue weighted by Gasteiger charge is 2.19. The minimum atomic E-state index is -0.263. The summed E-state index contributed by atoms with van der Waals surface area (Å²) in [7, 11) is 3.84. The summed E-state index contributed by atoms with van der Waals surface area (Å²) in [5.74, 6) is -0.125. The molecule has 0 fully saturated rings. The molecule has 0 bridgehead atoms. The number of hydrogen-bond donors (Lipinski definition) is 0. The average molecular weight is 427 g/mol. The number of esters is 1. The van der Waals surface area contributed by atoms with Gasteiger partial charge in [-0.15, -0.1) is 0 Å². The number of unbranched alkanes of at least 4 members (excludes halogenated alkanes) is 11. The maximum atomic E-state index is 12.3. The standard InChI is InChI=1S/C25H50N2O3/c1-6-8-10-12-13-14-15-16-17-19-25(29)30-24(22-27(5)23(3)28)21-26(4)20-18-11-9-7-2/h24H,6-22H2,1-5H3. The number of amides is 1. The molecule has 1 amide bonds. The molecular weight excluding hydrogens is 376 g/mol. The van der Waals surface area contributed by atoms with Gasteiger partial charge in [0.25, 0.3) is 0 Å². The van der Waals surface area contributed by atoms with Crippen LogP contribution in [0.4, 0.5) is 0 Å². The van der Waals surface area contributed by atoms with Crippen molar-refractivity contribution in [1.82, 2.24) is 9.80 Å². The lowest BCUT2D eigenvalue weighted by Crippen LogP contribution is -2.42. The highest BCUT2D eigenvalue weighted by Crippen LogP contribution is 2.12. The van der Waals surface area contributed by atoms with Crippen LogP contribution in [0.1, 0.15) is 111 Å². The minimum Gasteiger partial charge on any atom is -0.459 e. The van der Waals surface area contributed by atoms with Crippen molar-refractivity contribution in [3.8, 4) is 0 Å². The van der Waals surface area contributed by atoms with Crippen LogP contribution in [0.5, 0.6) is 0 Å². The van der Waals surface area contributed by atoms with Gasteiger partial charge in [-0.1, -0.05) is 84.5 Å². The number of carbonyl (C=O) groups excluding carboxylic acids is 2.